The SMILES string of the molecule is CC(=O)[C@H](C)Sc1ncc(-c2ccccc2)n1Cc1ccco1. The molecule has 0 unspecified atom stereocenters. The van der Waals surface area contributed by atoms with Crippen molar-refractivity contribution >= 4 is 17.5 Å². The lowest BCUT2D eigenvalue weighted by atomic mass is 10.2. The molecular weight excluding hydrogens is 308 g/mol. The van der Waals surface area contributed by atoms with Gasteiger partial charge in [0.2, 0.25) is 0 Å². The Morgan fingerprint density at radius 2 is 2.04 bits per heavy atom. The number of hydrogen-bond donors (Lipinski definition) is 0. The number of aromatic nitrogens is 2. The maximum atomic E-state index is 11.6. The summed E-state index contributed by atoms with van der Waals surface area (Å²) in [7, 11) is 0. The quantitative estimate of drug-likeness (QED) is 0.635. The lowest BCUT2D eigenvalue weighted by Crippen LogP contribution is -2.11. The molecule has 0 bridgehead atoms. The van der Waals surface area contributed by atoms with E-state index in [9.17, 15) is 4.79 Å². The predicted octanol–water partition coefficient (Wildman–Crippen LogP) is 4.26. The van der Waals surface area contributed by atoms with Crippen LogP contribution in [0.15, 0.2) is 64.5 Å². The molecular formula is C18H18N2O2S. The van der Waals surface area contributed by atoms with Gasteiger partial charge in [-0.25, -0.2) is 4.98 Å². The summed E-state index contributed by atoms with van der Waals surface area (Å²) in [6.07, 6.45) is 3.52. The molecule has 3 rings (SSSR count). The van der Waals surface area contributed by atoms with Crippen LogP contribution >= 0.6 is 11.8 Å². The van der Waals surface area contributed by atoms with E-state index in [-0.39, 0.29) is 11.0 Å². The van der Waals surface area contributed by atoms with Gasteiger partial charge in [0.05, 0.1) is 29.9 Å². The fraction of sp³-hybridized carbons (Fsp3) is 0.222. The number of rotatable bonds is 6. The minimum atomic E-state index is -0.128. The van der Waals surface area contributed by atoms with Crippen LogP contribution in [-0.2, 0) is 11.3 Å². The molecule has 0 saturated heterocycles. The summed E-state index contributed by atoms with van der Waals surface area (Å²) in [6, 6.07) is 13.9. The van der Waals surface area contributed by atoms with Gasteiger partial charge in [-0.15, -0.1) is 0 Å². The third kappa shape index (κ3) is 3.56. The van der Waals surface area contributed by atoms with Gasteiger partial charge in [0.25, 0.3) is 0 Å². The number of hydrogen-bond acceptors (Lipinski definition) is 4. The number of imidazole rings is 1. The fourth-order valence-electron chi connectivity index (χ4n) is 2.24. The van der Waals surface area contributed by atoms with Gasteiger partial charge in [-0.1, -0.05) is 42.1 Å². The highest BCUT2D eigenvalue weighted by molar-refractivity contribution is 8.00. The topological polar surface area (TPSA) is 48.0 Å². The zero-order chi connectivity index (χ0) is 16.2. The van der Waals surface area contributed by atoms with Crippen molar-refractivity contribution in [2.75, 3.05) is 0 Å². The molecule has 0 N–H and O–H groups in total. The second-order valence-electron chi connectivity index (χ2n) is 5.33. The number of carbonyl (C=O) groups excluding carboxylic acids is 1. The summed E-state index contributed by atoms with van der Waals surface area (Å²) in [4.78, 5) is 16.1. The molecule has 0 radical (unpaired) electrons. The van der Waals surface area contributed by atoms with E-state index >= 15 is 0 Å². The Morgan fingerprint density at radius 3 is 2.70 bits per heavy atom. The second kappa shape index (κ2) is 6.87. The van der Waals surface area contributed by atoms with Gasteiger partial charge < -0.3 is 8.98 Å². The minimum Gasteiger partial charge on any atom is -0.467 e. The largest absolute Gasteiger partial charge is 0.467 e. The molecule has 1 atom stereocenters. The van der Waals surface area contributed by atoms with Gasteiger partial charge >= 0.3 is 0 Å². The number of carbonyl (C=O) groups is 1. The smallest absolute Gasteiger partial charge is 0.169 e. The average molecular weight is 326 g/mol. The van der Waals surface area contributed by atoms with Gasteiger partial charge in [0, 0.05) is 0 Å². The minimum absolute atomic E-state index is 0.128. The molecule has 0 spiro atoms. The van der Waals surface area contributed by atoms with Crippen LogP contribution in [0.1, 0.15) is 19.6 Å². The summed E-state index contributed by atoms with van der Waals surface area (Å²) < 4.78 is 7.58. The van der Waals surface area contributed by atoms with E-state index in [0.29, 0.717) is 6.54 Å². The zero-order valence-corrected chi connectivity index (χ0v) is 13.9. The first-order valence-electron chi connectivity index (χ1n) is 7.45. The number of nitrogens with zero attached hydrogens (tertiary/aromatic N) is 2. The maximum Gasteiger partial charge on any atom is 0.169 e. The standard InChI is InChI=1S/C18H18N2O2S/c1-13(21)14(2)23-18-19-11-17(15-7-4-3-5-8-15)20(18)12-16-9-6-10-22-16/h3-11,14H,12H2,1-2H3/t14-/m0/s1. The Balaban J connectivity index is 1.99. The van der Waals surface area contributed by atoms with Crippen LogP contribution in [0.3, 0.4) is 0 Å². The molecule has 1 aromatic carbocycles. The number of furan rings is 1. The molecule has 2 aromatic heterocycles. The molecule has 5 heteroatoms. The van der Waals surface area contributed by atoms with E-state index in [4.69, 9.17) is 4.42 Å². The van der Waals surface area contributed by atoms with Crippen molar-refractivity contribution < 1.29 is 9.21 Å². The highest BCUT2D eigenvalue weighted by Gasteiger charge is 2.18. The van der Waals surface area contributed by atoms with E-state index in [1.165, 1.54) is 11.8 Å². The van der Waals surface area contributed by atoms with Gasteiger partial charge in [-0.3, -0.25) is 4.79 Å². The molecule has 0 aliphatic rings. The highest BCUT2D eigenvalue weighted by Crippen LogP contribution is 2.29. The van der Waals surface area contributed by atoms with Gasteiger partial charge in [0.1, 0.15) is 11.5 Å². The molecule has 23 heavy (non-hydrogen) atoms. The number of benzene rings is 1. The molecule has 4 nitrogen and oxygen atoms in total. The molecule has 118 valence electrons. The lowest BCUT2D eigenvalue weighted by Gasteiger charge is -2.12. The van der Waals surface area contributed by atoms with E-state index in [0.717, 1.165) is 22.2 Å². The zero-order valence-electron chi connectivity index (χ0n) is 13.1. The summed E-state index contributed by atoms with van der Waals surface area (Å²) in [6.45, 7) is 4.10. The van der Waals surface area contributed by atoms with Crippen LogP contribution in [0, 0.1) is 0 Å². The number of thioether (sulfide) groups is 1. The summed E-state index contributed by atoms with van der Waals surface area (Å²) in [5.74, 6) is 1.00. The molecule has 0 aliphatic carbocycles. The molecule has 0 amide bonds. The van der Waals surface area contributed by atoms with E-state index in [2.05, 4.69) is 21.7 Å². The Hall–Kier alpha value is -2.27. The Morgan fingerprint density at radius 1 is 1.26 bits per heavy atom. The first-order valence-corrected chi connectivity index (χ1v) is 8.33. The predicted molar refractivity (Wildman–Crippen MR) is 91.5 cm³/mol. The van der Waals surface area contributed by atoms with Crippen molar-refractivity contribution in [1.29, 1.82) is 0 Å². The lowest BCUT2D eigenvalue weighted by molar-refractivity contribution is -0.116. The first kappa shape index (κ1) is 15.6. The van der Waals surface area contributed by atoms with Crippen molar-refractivity contribution in [1.82, 2.24) is 9.55 Å². The molecule has 2 heterocycles. The fourth-order valence-corrected chi connectivity index (χ4v) is 3.13. The van der Waals surface area contributed by atoms with Gasteiger partial charge in [-0.2, -0.15) is 0 Å². The maximum absolute atomic E-state index is 11.6. The van der Waals surface area contributed by atoms with Crippen LogP contribution in [0.4, 0.5) is 0 Å². The van der Waals surface area contributed by atoms with Gasteiger partial charge in [0.15, 0.2) is 5.16 Å². The van der Waals surface area contributed by atoms with Crippen LogP contribution in [0.25, 0.3) is 11.3 Å². The third-order valence-corrected chi connectivity index (χ3v) is 4.86. The van der Waals surface area contributed by atoms with E-state index in [1.807, 2.05) is 43.5 Å². The summed E-state index contributed by atoms with van der Waals surface area (Å²) in [5, 5.41) is 0.694. The third-order valence-electron chi connectivity index (χ3n) is 3.64. The first-order chi connectivity index (χ1) is 11.1. The number of Topliss-reactive ketones (excluding diaryl/α,β-unsaturated/α-hetero) is 1. The monoisotopic (exact) mass is 326 g/mol. The van der Waals surface area contributed by atoms with Crippen LogP contribution < -0.4 is 0 Å². The summed E-state index contributed by atoms with van der Waals surface area (Å²) >= 11 is 1.48. The van der Waals surface area contributed by atoms with E-state index < -0.39 is 0 Å². The van der Waals surface area contributed by atoms with Crippen molar-refractivity contribution in [2.45, 2.75) is 30.8 Å². The normalized spacial score (nSPS) is 12.3. The molecule has 0 aliphatic heterocycles. The molecule has 3 aromatic rings. The average Bonchev–Trinajstić information content (AvgIpc) is 3.19. The van der Waals surface area contributed by atoms with Crippen molar-refractivity contribution in [3.63, 3.8) is 0 Å². The summed E-state index contributed by atoms with van der Waals surface area (Å²) in [5.41, 5.74) is 2.11. The Labute approximate surface area is 139 Å². The highest BCUT2D eigenvalue weighted by atomic mass is 32.2. The van der Waals surface area contributed by atoms with Crippen LogP contribution in [0.5, 0.6) is 0 Å². The molecule has 0 saturated carbocycles. The van der Waals surface area contributed by atoms with Crippen molar-refractivity contribution in [3.05, 3.63) is 60.7 Å². The number of ketones is 1. The molecule has 0 fully saturated rings. The second-order valence-corrected chi connectivity index (χ2v) is 6.64. The Kier molecular flexibility index (Phi) is 4.67. The van der Waals surface area contributed by atoms with Crippen LogP contribution in [-0.4, -0.2) is 20.6 Å². The van der Waals surface area contributed by atoms with Crippen LogP contribution in [0.2, 0.25) is 0 Å². The van der Waals surface area contributed by atoms with Crippen molar-refractivity contribution in [3.8, 4) is 11.3 Å². The van der Waals surface area contributed by atoms with Crippen molar-refractivity contribution in [2.24, 2.45) is 0 Å². The Bertz CT molecular complexity index is 779. The van der Waals surface area contributed by atoms with Gasteiger partial charge in [-0.05, 0) is 31.5 Å². The van der Waals surface area contributed by atoms with E-state index in [1.54, 1.807) is 13.2 Å².